The summed E-state index contributed by atoms with van der Waals surface area (Å²) in [5.74, 6) is -0.0128. The number of azide groups is 1. The van der Waals surface area contributed by atoms with Crippen molar-refractivity contribution in [3.05, 3.63) is 81.7 Å². The molecule has 0 N–H and O–H groups in total. The van der Waals surface area contributed by atoms with Gasteiger partial charge in [0.1, 0.15) is 23.1 Å². The number of para-hydroxylation sites is 1. The van der Waals surface area contributed by atoms with Gasteiger partial charge in [0, 0.05) is 10.3 Å². The van der Waals surface area contributed by atoms with Gasteiger partial charge in [0.2, 0.25) is 0 Å². The lowest BCUT2D eigenvalue weighted by atomic mass is 10.2. The first kappa shape index (κ1) is 15.7. The van der Waals surface area contributed by atoms with Gasteiger partial charge in [0.05, 0.1) is 5.56 Å². The van der Waals surface area contributed by atoms with E-state index in [4.69, 9.17) is 10.3 Å². The fourth-order valence-corrected chi connectivity index (χ4v) is 2.92. The minimum Gasteiger partial charge on any atom is -0.488 e. The van der Waals surface area contributed by atoms with Gasteiger partial charge in [0.25, 0.3) is 5.91 Å². The summed E-state index contributed by atoms with van der Waals surface area (Å²) in [5, 5.41) is 5.26. The van der Waals surface area contributed by atoms with Crippen LogP contribution in [-0.4, -0.2) is 10.9 Å². The van der Waals surface area contributed by atoms with E-state index >= 15 is 0 Å². The molecule has 7 heteroatoms. The summed E-state index contributed by atoms with van der Waals surface area (Å²) < 4.78 is 5.89. The van der Waals surface area contributed by atoms with E-state index in [2.05, 4.69) is 15.0 Å². The molecule has 0 saturated carbocycles. The molecular weight excluding hydrogens is 324 g/mol. The average molecular weight is 336 g/mol. The number of hydrogen-bond acceptors (Lipinski definition) is 4. The van der Waals surface area contributed by atoms with E-state index in [1.54, 1.807) is 5.38 Å². The zero-order valence-corrected chi connectivity index (χ0v) is 13.3. The molecule has 0 atom stereocenters. The highest BCUT2D eigenvalue weighted by atomic mass is 32.1. The summed E-state index contributed by atoms with van der Waals surface area (Å²) in [4.78, 5) is 18.3. The number of hydrogen-bond donors (Lipinski definition) is 0. The van der Waals surface area contributed by atoms with Gasteiger partial charge in [-0.1, -0.05) is 42.5 Å². The Labute approximate surface area is 142 Å². The van der Waals surface area contributed by atoms with Crippen LogP contribution in [0.2, 0.25) is 0 Å². The summed E-state index contributed by atoms with van der Waals surface area (Å²) in [6.45, 7) is 0.438. The lowest BCUT2D eigenvalue weighted by molar-refractivity contribution is 0.0996. The highest BCUT2D eigenvalue weighted by Crippen LogP contribution is 2.32. The Morgan fingerprint density at radius 2 is 1.92 bits per heavy atom. The molecule has 1 amide bonds. The monoisotopic (exact) mass is 336 g/mol. The predicted molar refractivity (Wildman–Crippen MR) is 91.8 cm³/mol. The maximum absolute atomic E-state index is 11.6. The zero-order valence-electron chi connectivity index (χ0n) is 12.5. The number of carbonyl (C=O) groups excluding carboxylic acids is 1. The third-order valence-electron chi connectivity index (χ3n) is 3.21. The number of nitrogens with zero attached hydrogens (tertiary/aromatic N) is 4. The van der Waals surface area contributed by atoms with E-state index in [-0.39, 0.29) is 5.69 Å². The van der Waals surface area contributed by atoms with Crippen LogP contribution in [-0.2, 0) is 6.61 Å². The number of ether oxygens (including phenoxy) is 1. The topological polar surface area (TPSA) is 88.0 Å². The molecule has 1 heterocycles. The molecule has 6 nitrogen and oxygen atoms in total. The molecule has 0 saturated heterocycles. The van der Waals surface area contributed by atoms with Crippen LogP contribution in [0.3, 0.4) is 0 Å². The number of aromatic nitrogens is 1. The highest BCUT2D eigenvalue weighted by Gasteiger charge is 2.13. The fourth-order valence-electron chi connectivity index (χ4n) is 2.09. The maximum Gasteiger partial charge on any atom is 0.268 e. The largest absolute Gasteiger partial charge is 0.488 e. The fraction of sp³-hybridized carbons (Fsp3) is 0.0588. The first-order chi connectivity index (χ1) is 11.8. The second-order valence-electron chi connectivity index (χ2n) is 4.80. The Bertz CT molecular complexity index is 902. The van der Waals surface area contributed by atoms with Gasteiger partial charge in [-0.25, -0.2) is 4.98 Å². The standard InChI is InChI=1S/C17H12N4O2S/c18-21-20-16(22)14-11-24-17(19-14)13-8-4-5-9-15(13)23-10-12-6-2-1-3-7-12/h1-9,11H,10H2. The van der Waals surface area contributed by atoms with Gasteiger partial charge in [0.15, 0.2) is 0 Å². The van der Waals surface area contributed by atoms with E-state index in [0.29, 0.717) is 17.4 Å². The molecule has 2 aromatic carbocycles. The Morgan fingerprint density at radius 3 is 2.71 bits per heavy atom. The molecule has 1 aromatic heterocycles. The van der Waals surface area contributed by atoms with Crippen molar-refractivity contribution in [3.8, 4) is 16.3 Å². The van der Waals surface area contributed by atoms with Crippen molar-refractivity contribution >= 4 is 17.2 Å². The smallest absolute Gasteiger partial charge is 0.268 e. The van der Waals surface area contributed by atoms with Gasteiger partial charge in [-0.2, -0.15) is 0 Å². The van der Waals surface area contributed by atoms with Crippen molar-refractivity contribution in [2.45, 2.75) is 6.61 Å². The first-order valence-corrected chi connectivity index (χ1v) is 7.97. The minimum atomic E-state index is -0.692. The van der Waals surface area contributed by atoms with E-state index in [9.17, 15) is 4.79 Å². The highest BCUT2D eigenvalue weighted by molar-refractivity contribution is 7.13. The molecule has 0 spiro atoms. The van der Waals surface area contributed by atoms with E-state index in [1.807, 2.05) is 54.6 Å². The second-order valence-corrected chi connectivity index (χ2v) is 5.66. The van der Waals surface area contributed by atoms with Gasteiger partial charge >= 0.3 is 0 Å². The van der Waals surface area contributed by atoms with E-state index in [1.165, 1.54) is 11.3 Å². The quantitative estimate of drug-likeness (QED) is 0.379. The third-order valence-corrected chi connectivity index (χ3v) is 4.09. The van der Waals surface area contributed by atoms with Crippen molar-refractivity contribution in [2.24, 2.45) is 5.11 Å². The lowest BCUT2D eigenvalue weighted by Gasteiger charge is -2.09. The third kappa shape index (κ3) is 3.60. The van der Waals surface area contributed by atoms with Crippen LogP contribution >= 0.6 is 11.3 Å². The SMILES string of the molecule is [N-]=[N+]=NC(=O)c1csc(-c2ccccc2OCc2ccccc2)n1. The van der Waals surface area contributed by atoms with Gasteiger partial charge in [-0.3, -0.25) is 4.79 Å². The zero-order chi connectivity index (χ0) is 16.8. The molecule has 0 aliphatic carbocycles. The summed E-state index contributed by atoms with van der Waals surface area (Å²) in [5.41, 5.74) is 10.3. The van der Waals surface area contributed by atoms with Crippen molar-refractivity contribution in [1.29, 1.82) is 0 Å². The van der Waals surface area contributed by atoms with Crippen molar-refractivity contribution in [1.82, 2.24) is 4.98 Å². The molecule has 0 bridgehead atoms. The minimum absolute atomic E-state index is 0.130. The van der Waals surface area contributed by atoms with Crippen molar-refractivity contribution in [2.75, 3.05) is 0 Å². The number of thiazole rings is 1. The molecule has 118 valence electrons. The Hall–Kier alpha value is -3.15. The number of rotatable bonds is 5. The molecular formula is C17H12N4O2S. The van der Waals surface area contributed by atoms with Crippen molar-refractivity contribution in [3.63, 3.8) is 0 Å². The molecule has 0 unspecified atom stereocenters. The van der Waals surface area contributed by atoms with Crippen LogP contribution in [0.5, 0.6) is 5.75 Å². The average Bonchev–Trinajstić information content (AvgIpc) is 3.11. The van der Waals surface area contributed by atoms with Crippen LogP contribution in [0.4, 0.5) is 0 Å². The van der Waals surface area contributed by atoms with Crippen LogP contribution in [0.1, 0.15) is 16.1 Å². The molecule has 0 aliphatic rings. The Kier molecular flexibility index (Phi) is 4.86. The molecule has 0 radical (unpaired) electrons. The van der Waals surface area contributed by atoms with Gasteiger partial charge in [-0.15, -0.1) is 11.3 Å². The molecule has 0 aliphatic heterocycles. The predicted octanol–water partition coefficient (Wildman–Crippen LogP) is 4.84. The summed E-state index contributed by atoms with van der Waals surface area (Å²) >= 11 is 1.30. The normalized spacial score (nSPS) is 10.0. The molecule has 24 heavy (non-hydrogen) atoms. The molecule has 0 fully saturated rings. The lowest BCUT2D eigenvalue weighted by Crippen LogP contribution is -1.97. The summed E-state index contributed by atoms with van der Waals surface area (Å²) in [7, 11) is 0. The van der Waals surface area contributed by atoms with Gasteiger partial charge in [-0.05, 0) is 28.3 Å². The number of amides is 1. The Morgan fingerprint density at radius 1 is 1.17 bits per heavy atom. The van der Waals surface area contributed by atoms with Crippen LogP contribution in [0, 0.1) is 0 Å². The number of carbonyl (C=O) groups is 1. The summed E-state index contributed by atoms with van der Waals surface area (Å²) in [6.07, 6.45) is 0. The van der Waals surface area contributed by atoms with E-state index in [0.717, 1.165) is 11.1 Å². The van der Waals surface area contributed by atoms with Crippen molar-refractivity contribution < 1.29 is 9.53 Å². The second kappa shape index (κ2) is 7.41. The Balaban J connectivity index is 1.84. The van der Waals surface area contributed by atoms with Crippen LogP contribution < -0.4 is 4.74 Å². The molecule has 3 aromatic rings. The van der Waals surface area contributed by atoms with Crippen LogP contribution in [0.25, 0.3) is 21.0 Å². The first-order valence-electron chi connectivity index (χ1n) is 7.09. The number of benzene rings is 2. The van der Waals surface area contributed by atoms with E-state index < -0.39 is 5.91 Å². The molecule has 3 rings (SSSR count). The summed E-state index contributed by atoms with van der Waals surface area (Å²) in [6, 6.07) is 17.3. The maximum atomic E-state index is 11.6. The van der Waals surface area contributed by atoms with Crippen LogP contribution in [0.15, 0.2) is 65.1 Å². The van der Waals surface area contributed by atoms with Gasteiger partial charge < -0.3 is 4.74 Å².